The maximum absolute atomic E-state index is 13.6. The third-order valence-electron chi connectivity index (χ3n) is 7.94. The zero-order chi connectivity index (χ0) is 30.1. The Hall–Kier alpha value is -5.29. The van der Waals surface area contributed by atoms with Crippen LogP contribution >= 0.6 is 0 Å². The van der Waals surface area contributed by atoms with Crippen molar-refractivity contribution in [2.24, 2.45) is 0 Å². The van der Waals surface area contributed by atoms with Gasteiger partial charge in [-0.3, -0.25) is 4.79 Å². The quantitative estimate of drug-likeness (QED) is 0.159. The molecule has 1 heterocycles. The fourth-order valence-electron chi connectivity index (χ4n) is 5.68. The van der Waals surface area contributed by atoms with E-state index in [0.29, 0.717) is 24.7 Å². The van der Waals surface area contributed by atoms with Crippen LogP contribution in [-0.4, -0.2) is 17.6 Å². The van der Waals surface area contributed by atoms with E-state index < -0.39 is 0 Å². The van der Waals surface area contributed by atoms with Crippen molar-refractivity contribution in [1.29, 1.82) is 0 Å². The fraction of sp³-hybridized carbons (Fsp3) is 0.154. The summed E-state index contributed by atoms with van der Waals surface area (Å²) in [5, 5.41) is 4.28. The SMILES string of the molecule is COc1ccc([C@@H](CC(=O)NCc2ccccc2)c2cn(Cc3ccccc3)c3ccccc23)cc1OCc1ccccc1. The Labute approximate surface area is 258 Å². The monoisotopic (exact) mass is 580 g/mol. The molecule has 220 valence electrons. The summed E-state index contributed by atoms with van der Waals surface area (Å²) >= 11 is 0. The van der Waals surface area contributed by atoms with Crippen LogP contribution < -0.4 is 14.8 Å². The summed E-state index contributed by atoms with van der Waals surface area (Å²) in [4.78, 5) is 13.6. The minimum absolute atomic E-state index is 0.0127. The van der Waals surface area contributed by atoms with Gasteiger partial charge < -0.3 is 19.4 Å². The number of rotatable bonds is 12. The molecule has 6 aromatic rings. The molecule has 0 bridgehead atoms. The number of carbonyl (C=O) groups is 1. The van der Waals surface area contributed by atoms with Crippen LogP contribution in [0.5, 0.6) is 11.5 Å². The van der Waals surface area contributed by atoms with Crippen LogP contribution in [0.3, 0.4) is 0 Å². The van der Waals surface area contributed by atoms with Crippen LogP contribution in [0.1, 0.15) is 40.2 Å². The van der Waals surface area contributed by atoms with E-state index in [1.807, 2.05) is 84.9 Å². The number of hydrogen-bond acceptors (Lipinski definition) is 3. The zero-order valence-corrected chi connectivity index (χ0v) is 24.9. The van der Waals surface area contributed by atoms with Crippen molar-refractivity contribution in [3.63, 3.8) is 0 Å². The molecule has 6 rings (SSSR count). The maximum atomic E-state index is 13.6. The van der Waals surface area contributed by atoms with Crippen molar-refractivity contribution in [3.05, 3.63) is 167 Å². The minimum atomic E-state index is -0.210. The molecule has 0 aliphatic rings. The van der Waals surface area contributed by atoms with Gasteiger partial charge in [0.1, 0.15) is 6.61 Å². The number of nitrogens with one attached hydrogen (secondary N) is 1. The first-order valence-corrected chi connectivity index (χ1v) is 14.9. The average Bonchev–Trinajstić information content (AvgIpc) is 3.44. The lowest BCUT2D eigenvalue weighted by molar-refractivity contribution is -0.121. The lowest BCUT2D eigenvalue weighted by Gasteiger charge is -2.20. The van der Waals surface area contributed by atoms with Crippen LogP contribution in [0.2, 0.25) is 0 Å². The second-order valence-electron chi connectivity index (χ2n) is 10.9. The number of methoxy groups -OCH3 is 1. The first-order valence-electron chi connectivity index (χ1n) is 14.9. The molecule has 0 fully saturated rings. The molecule has 44 heavy (non-hydrogen) atoms. The third kappa shape index (κ3) is 6.84. The van der Waals surface area contributed by atoms with E-state index in [2.05, 4.69) is 64.6 Å². The Morgan fingerprint density at radius 1 is 0.727 bits per heavy atom. The average molecular weight is 581 g/mol. The molecule has 5 nitrogen and oxygen atoms in total. The minimum Gasteiger partial charge on any atom is -0.493 e. The molecule has 0 unspecified atom stereocenters. The molecule has 5 heteroatoms. The summed E-state index contributed by atoms with van der Waals surface area (Å²) in [5.41, 5.74) is 6.59. The maximum Gasteiger partial charge on any atom is 0.221 e. The standard InChI is InChI=1S/C39H36N2O3/c1-43-37-22-21-32(23-38(37)44-28-31-17-9-4-10-18-31)34(24-39(42)40-25-29-13-5-2-6-14-29)35-27-41(26-30-15-7-3-8-16-30)36-20-12-11-19-33(35)36/h2-23,27,34H,24-26,28H2,1H3,(H,40,42)/t34-/m1/s1. The highest BCUT2D eigenvalue weighted by Crippen LogP contribution is 2.39. The van der Waals surface area contributed by atoms with E-state index in [4.69, 9.17) is 9.47 Å². The van der Waals surface area contributed by atoms with Gasteiger partial charge in [-0.25, -0.2) is 0 Å². The highest BCUT2D eigenvalue weighted by atomic mass is 16.5. The van der Waals surface area contributed by atoms with Crippen molar-refractivity contribution >= 4 is 16.8 Å². The Bertz CT molecular complexity index is 1810. The van der Waals surface area contributed by atoms with Crippen LogP contribution in [0.25, 0.3) is 10.9 Å². The number of benzene rings is 5. The van der Waals surface area contributed by atoms with Crippen molar-refractivity contribution < 1.29 is 14.3 Å². The Balaban J connectivity index is 1.37. The normalized spacial score (nSPS) is 11.7. The summed E-state index contributed by atoms with van der Waals surface area (Å²) in [7, 11) is 1.65. The van der Waals surface area contributed by atoms with E-state index in [9.17, 15) is 4.79 Å². The predicted octanol–water partition coefficient (Wildman–Crippen LogP) is 8.12. The van der Waals surface area contributed by atoms with E-state index in [1.54, 1.807) is 7.11 Å². The Kier molecular flexibility index (Phi) is 9.03. The van der Waals surface area contributed by atoms with Gasteiger partial charge in [-0.2, -0.15) is 0 Å². The van der Waals surface area contributed by atoms with Gasteiger partial charge in [0.2, 0.25) is 5.91 Å². The molecular formula is C39H36N2O3. The first-order chi connectivity index (χ1) is 21.7. The predicted molar refractivity (Wildman–Crippen MR) is 176 cm³/mol. The Morgan fingerprint density at radius 3 is 2.07 bits per heavy atom. The molecule has 1 amide bonds. The number of carbonyl (C=O) groups excluding carboxylic acids is 1. The summed E-state index contributed by atoms with van der Waals surface area (Å²) in [6.07, 6.45) is 2.50. The number of para-hydroxylation sites is 1. The van der Waals surface area contributed by atoms with Gasteiger partial charge in [0.25, 0.3) is 0 Å². The van der Waals surface area contributed by atoms with Gasteiger partial charge in [-0.05, 0) is 46.0 Å². The van der Waals surface area contributed by atoms with Gasteiger partial charge in [0, 0.05) is 42.5 Å². The zero-order valence-electron chi connectivity index (χ0n) is 24.9. The third-order valence-corrected chi connectivity index (χ3v) is 7.94. The molecule has 1 aromatic heterocycles. The van der Waals surface area contributed by atoms with Gasteiger partial charge in [-0.1, -0.05) is 115 Å². The molecule has 0 aliphatic carbocycles. The van der Waals surface area contributed by atoms with E-state index in [0.717, 1.165) is 39.7 Å². The largest absolute Gasteiger partial charge is 0.493 e. The highest BCUT2D eigenvalue weighted by Gasteiger charge is 2.24. The van der Waals surface area contributed by atoms with Gasteiger partial charge in [0.05, 0.1) is 7.11 Å². The Morgan fingerprint density at radius 2 is 1.36 bits per heavy atom. The van der Waals surface area contributed by atoms with Crippen LogP contribution in [0.15, 0.2) is 140 Å². The van der Waals surface area contributed by atoms with E-state index in [1.165, 1.54) is 5.56 Å². The van der Waals surface area contributed by atoms with Gasteiger partial charge in [-0.15, -0.1) is 0 Å². The molecule has 0 spiro atoms. The summed E-state index contributed by atoms with van der Waals surface area (Å²) in [6, 6.07) is 45.0. The fourth-order valence-corrected chi connectivity index (χ4v) is 5.68. The molecule has 1 N–H and O–H groups in total. The topological polar surface area (TPSA) is 52.5 Å². The number of fused-ring (bicyclic) bond motifs is 1. The van der Waals surface area contributed by atoms with Gasteiger partial charge >= 0.3 is 0 Å². The van der Waals surface area contributed by atoms with Crippen LogP contribution in [0, 0.1) is 0 Å². The van der Waals surface area contributed by atoms with Crippen LogP contribution in [0.4, 0.5) is 0 Å². The summed E-state index contributed by atoms with van der Waals surface area (Å²) < 4.78 is 14.3. The number of aromatic nitrogens is 1. The molecular weight excluding hydrogens is 544 g/mol. The van der Waals surface area contributed by atoms with Crippen molar-refractivity contribution in [1.82, 2.24) is 9.88 Å². The van der Waals surface area contributed by atoms with Crippen molar-refractivity contribution in [2.45, 2.75) is 32.0 Å². The summed E-state index contributed by atoms with van der Waals surface area (Å²) in [6.45, 7) is 1.64. The molecule has 0 saturated carbocycles. The van der Waals surface area contributed by atoms with Crippen molar-refractivity contribution in [2.75, 3.05) is 7.11 Å². The molecule has 0 saturated heterocycles. The van der Waals surface area contributed by atoms with Gasteiger partial charge in [0.15, 0.2) is 11.5 Å². The second kappa shape index (κ2) is 13.8. The lowest BCUT2D eigenvalue weighted by atomic mass is 9.87. The molecule has 0 aliphatic heterocycles. The van der Waals surface area contributed by atoms with E-state index >= 15 is 0 Å². The number of amides is 1. The number of nitrogens with zero attached hydrogens (tertiary/aromatic N) is 1. The van der Waals surface area contributed by atoms with Crippen LogP contribution in [-0.2, 0) is 24.5 Å². The first kappa shape index (κ1) is 28.8. The lowest BCUT2D eigenvalue weighted by Crippen LogP contribution is -2.25. The summed E-state index contributed by atoms with van der Waals surface area (Å²) in [5.74, 6) is 1.08. The molecule has 1 atom stereocenters. The van der Waals surface area contributed by atoms with Crippen molar-refractivity contribution in [3.8, 4) is 11.5 Å². The number of hydrogen-bond donors (Lipinski definition) is 1. The highest BCUT2D eigenvalue weighted by molar-refractivity contribution is 5.87. The van der Waals surface area contributed by atoms with E-state index in [-0.39, 0.29) is 18.2 Å². The number of ether oxygens (including phenoxy) is 2. The molecule has 0 radical (unpaired) electrons. The molecule has 5 aromatic carbocycles. The smallest absolute Gasteiger partial charge is 0.221 e. The second-order valence-corrected chi connectivity index (χ2v) is 10.9.